The molecule has 2 heterocycles. The van der Waals surface area contributed by atoms with Gasteiger partial charge in [0.25, 0.3) is 11.7 Å². The summed E-state index contributed by atoms with van der Waals surface area (Å²) in [6.07, 6.45) is 3.04. The van der Waals surface area contributed by atoms with E-state index in [4.69, 9.17) is 4.74 Å². The highest BCUT2D eigenvalue weighted by atomic mass is 32.2. The van der Waals surface area contributed by atoms with Crippen LogP contribution in [0.5, 0.6) is 0 Å². The van der Waals surface area contributed by atoms with Crippen LogP contribution in [0.2, 0.25) is 0 Å². The van der Waals surface area contributed by atoms with Gasteiger partial charge in [-0.15, -0.1) is 0 Å². The third-order valence-electron chi connectivity index (χ3n) is 3.93. The van der Waals surface area contributed by atoms with Crippen molar-refractivity contribution in [3.63, 3.8) is 0 Å². The molecule has 1 aromatic heterocycles. The van der Waals surface area contributed by atoms with Crippen molar-refractivity contribution in [2.24, 2.45) is 0 Å². The van der Waals surface area contributed by atoms with Crippen LogP contribution in [0.1, 0.15) is 22.3 Å². The largest absolute Gasteiger partial charge is 0.452 e. The Labute approximate surface area is 153 Å². The Bertz CT molecular complexity index is 817. The van der Waals surface area contributed by atoms with Crippen LogP contribution in [-0.2, 0) is 16.0 Å². The van der Waals surface area contributed by atoms with Crippen LogP contribution in [0.15, 0.2) is 47.6 Å². The van der Waals surface area contributed by atoms with E-state index >= 15 is 0 Å². The standard InChI is InChI=1S/C18H16F2N2O3S/c19-18(20)26-16-13(7-3-9-21-16)17(24)25-11-15(23)22-10-4-6-12-5-1-2-8-14(12)22/h1-3,5,7-9,18H,4,6,10-11H2. The molecule has 1 aliphatic heterocycles. The molecule has 0 unspecified atom stereocenters. The number of hydrogen-bond acceptors (Lipinski definition) is 5. The number of pyridine rings is 1. The second-order valence-electron chi connectivity index (χ2n) is 5.59. The van der Waals surface area contributed by atoms with Crippen LogP contribution in [0.3, 0.4) is 0 Å². The summed E-state index contributed by atoms with van der Waals surface area (Å²) in [4.78, 5) is 30.0. The number of aryl methyl sites for hydroxylation is 1. The predicted octanol–water partition coefficient (Wildman–Crippen LogP) is 3.53. The first kappa shape index (κ1) is 18.3. The first-order chi connectivity index (χ1) is 12.6. The molecule has 5 nitrogen and oxygen atoms in total. The topological polar surface area (TPSA) is 59.5 Å². The van der Waals surface area contributed by atoms with Gasteiger partial charge in [0.1, 0.15) is 5.03 Å². The molecule has 26 heavy (non-hydrogen) atoms. The summed E-state index contributed by atoms with van der Waals surface area (Å²) in [5.74, 6) is -3.90. The number of fused-ring (bicyclic) bond motifs is 1. The third-order valence-corrected chi connectivity index (χ3v) is 4.66. The number of amides is 1. The number of carbonyl (C=O) groups excluding carboxylic acids is 2. The Morgan fingerprint density at radius 3 is 2.85 bits per heavy atom. The van der Waals surface area contributed by atoms with Crippen LogP contribution < -0.4 is 4.90 Å². The van der Waals surface area contributed by atoms with E-state index in [1.807, 2.05) is 24.3 Å². The summed E-state index contributed by atoms with van der Waals surface area (Å²) in [6, 6.07) is 10.4. The maximum atomic E-state index is 12.6. The van der Waals surface area contributed by atoms with Gasteiger partial charge in [-0.25, -0.2) is 9.78 Å². The summed E-state index contributed by atoms with van der Waals surface area (Å²) >= 11 is 0.166. The fourth-order valence-corrected chi connectivity index (χ4v) is 3.37. The smallest absolute Gasteiger partial charge is 0.341 e. The van der Waals surface area contributed by atoms with Gasteiger partial charge in [0.2, 0.25) is 0 Å². The number of nitrogens with zero attached hydrogens (tertiary/aromatic N) is 2. The number of para-hydroxylation sites is 1. The monoisotopic (exact) mass is 378 g/mol. The van der Waals surface area contributed by atoms with Crippen molar-refractivity contribution in [1.82, 2.24) is 4.98 Å². The fourth-order valence-electron chi connectivity index (χ4n) is 2.80. The van der Waals surface area contributed by atoms with E-state index < -0.39 is 18.3 Å². The van der Waals surface area contributed by atoms with E-state index in [1.165, 1.54) is 18.3 Å². The quantitative estimate of drug-likeness (QED) is 0.588. The number of aromatic nitrogens is 1. The molecule has 0 radical (unpaired) electrons. The zero-order valence-corrected chi connectivity index (χ0v) is 14.5. The molecular formula is C18H16F2N2O3S. The van der Waals surface area contributed by atoms with Gasteiger partial charge in [0.15, 0.2) is 6.61 Å². The normalized spacial score (nSPS) is 13.4. The Balaban J connectivity index is 1.67. The number of alkyl halides is 2. The molecule has 0 saturated heterocycles. The Morgan fingerprint density at radius 2 is 2.04 bits per heavy atom. The van der Waals surface area contributed by atoms with Gasteiger partial charge in [-0.05, 0) is 48.4 Å². The number of carbonyl (C=O) groups is 2. The minimum Gasteiger partial charge on any atom is -0.452 e. The molecular weight excluding hydrogens is 362 g/mol. The molecule has 0 saturated carbocycles. The maximum Gasteiger partial charge on any atom is 0.341 e. The van der Waals surface area contributed by atoms with Crippen molar-refractivity contribution in [2.75, 3.05) is 18.1 Å². The van der Waals surface area contributed by atoms with Gasteiger partial charge in [-0.1, -0.05) is 18.2 Å². The number of hydrogen-bond donors (Lipinski definition) is 0. The van der Waals surface area contributed by atoms with Crippen molar-refractivity contribution < 1.29 is 23.1 Å². The molecule has 3 rings (SSSR count). The third kappa shape index (κ3) is 4.19. The number of halogens is 2. The highest BCUT2D eigenvalue weighted by Gasteiger charge is 2.24. The molecule has 1 aliphatic rings. The highest BCUT2D eigenvalue weighted by molar-refractivity contribution is 7.99. The van der Waals surface area contributed by atoms with Crippen molar-refractivity contribution in [1.29, 1.82) is 0 Å². The van der Waals surface area contributed by atoms with E-state index in [-0.39, 0.29) is 28.3 Å². The number of esters is 1. The summed E-state index contributed by atoms with van der Waals surface area (Å²) in [5, 5.41) is -0.122. The average molecular weight is 378 g/mol. The molecule has 0 bridgehead atoms. The lowest BCUT2D eigenvalue weighted by Crippen LogP contribution is -2.38. The summed E-state index contributed by atoms with van der Waals surface area (Å²) in [6.45, 7) is 0.0909. The molecule has 0 aliphatic carbocycles. The minimum absolute atomic E-state index is 0.0790. The van der Waals surface area contributed by atoms with Crippen molar-refractivity contribution in [2.45, 2.75) is 23.6 Å². The van der Waals surface area contributed by atoms with Gasteiger partial charge in [-0.3, -0.25) is 4.79 Å². The van der Waals surface area contributed by atoms with Gasteiger partial charge in [0, 0.05) is 18.4 Å². The van der Waals surface area contributed by atoms with Crippen molar-refractivity contribution >= 4 is 29.3 Å². The van der Waals surface area contributed by atoms with Gasteiger partial charge in [0.05, 0.1) is 5.56 Å². The van der Waals surface area contributed by atoms with E-state index in [2.05, 4.69) is 4.98 Å². The first-order valence-electron chi connectivity index (χ1n) is 8.01. The van der Waals surface area contributed by atoms with E-state index in [0.29, 0.717) is 6.54 Å². The molecule has 8 heteroatoms. The second-order valence-corrected chi connectivity index (χ2v) is 6.57. The maximum absolute atomic E-state index is 12.6. The van der Waals surface area contributed by atoms with Gasteiger partial charge >= 0.3 is 5.97 Å². The van der Waals surface area contributed by atoms with Crippen LogP contribution >= 0.6 is 11.8 Å². The van der Waals surface area contributed by atoms with Crippen molar-refractivity contribution in [3.05, 3.63) is 53.7 Å². The molecule has 0 N–H and O–H groups in total. The summed E-state index contributed by atoms with van der Waals surface area (Å²) in [5.41, 5.74) is 1.81. The van der Waals surface area contributed by atoms with Gasteiger partial charge < -0.3 is 9.64 Å². The van der Waals surface area contributed by atoms with Crippen LogP contribution in [0, 0.1) is 0 Å². The molecule has 2 aromatic rings. The lowest BCUT2D eigenvalue weighted by molar-refractivity contribution is -0.121. The zero-order valence-electron chi connectivity index (χ0n) is 13.7. The van der Waals surface area contributed by atoms with E-state index in [1.54, 1.807) is 4.90 Å². The highest BCUT2D eigenvalue weighted by Crippen LogP contribution is 2.28. The van der Waals surface area contributed by atoms with E-state index in [9.17, 15) is 18.4 Å². The number of ether oxygens (including phenoxy) is 1. The Morgan fingerprint density at radius 1 is 1.23 bits per heavy atom. The minimum atomic E-state index is -2.71. The summed E-state index contributed by atoms with van der Waals surface area (Å²) < 4.78 is 30.2. The second kappa shape index (κ2) is 8.27. The number of rotatable bonds is 5. The molecule has 0 atom stereocenters. The Kier molecular flexibility index (Phi) is 5.82. The average Bonchev–Trinajstić information content (AvgIpc) is 2.65. The first-order valence-corrected chi connectivity index (χ1v) is 8.89. The fraction of sp³-hybridized carbons (Fsp3) is 0.278. The predicted molar refractivity (Wildman–Crippen MR) is 93.5 cm³/mol. The van der Waals surface area contributed by atoms with Gasteiger partial charge in [-0.2, -0.15) is 8.78 Å². The lowest BCUT2D eigenvalue weighted by atomic mass is 10.0. The van der Waals surface area contributed by atoms with Crippen LogP contribution in [0.4, 0.5) is 14.5 Å². The van der Waals surface area contributed by atoms with E-state index in [0.717, 1.165) is 24.1 Å². The van der Waals surface area contributed by atoms with Crippen LogP contribution in [-0.4, -0.2) is 35.8 Å². The molecule has 1 aromatic carbocycles. The lowest BCUT2D eigenvalue weighted by Gasteiger charge is -2.29. The summed E-state index contributed by atoms with van der Waals surface area (Å²) in [7, 11) is 0. The number of benzene rings is 1. The number of anilines is 1. The van der Waals surface area contributed by atoms with Crippen LogP contribution in [0.25, 0.3) is 0 Å². The SMILES string of the molecule is O=C(OCC(=O)N1CCCc2ccccc21)c1cccnc1SC(F)F. The molecule has 1 amide bonds. The molecule has 0 spiro atoms. The molecule has 0 fully saturated rings. The van der Waals surface area contributed by atoms with Crippen molar-refractivity contribution in [3.8, 4) is 0 Å². The Hall–Kier alpha value is -2.48. The zero-order chi connectivity index (χ0) is 18.5. The molecule has 136 valence electrons. The number of thioether (sulfide) groups is 1.